The van der Waals surface area contributed by atoms with Gasteiger partial charge in [0, 0.05) is 11.6 Å². The third-order valence-electron chi connectivity index (χ3n) is 7.26. The van der Waals surface area contributed by atoms with Crippen LogP contribution in [0.3, 0.4) is 0 Å². The summed E-state index contributed by atoms with van der Waals surface area (Å²) >= 11 is 0. The molecule has 0 aliphatic heterocycles. The summed E-state index contributed by atoms with van der Waals surface area (Å²) in [6.45, 7) is 5.05. The van der Waals surface area contributed by atoms with Crippen LogP contribution < -0.4 is 4.74 Å². The number of aromatic nitrogens is 3. The summed E-state index contributed by atoms with van der Waals surface area (Å²) < 4.78 is 6.02. The molecular formula is C35H35N3O2. The maximum atomic E-state index is 10.9. The molecule has 0 aliphatic carbocycles. The van der Waals surface area contributed by atoms with E-state index < -0.39 is 0 Å². The van der Waals surface area contributed by atoms with Gasteiger partial charge in [-0.3, -0.25) is 0 Å². The number of ether oxygens (including phenoxy) is 1. The van der Waals surface area contributed by atoms with Crippen LogP contribution >= 0.6 is 0 Å². The zero-order valence-electron chi connectivity index (χ0n) is 23.1. The normalized spacial score (nSPS) is 11.8. The van der Waals surface area contributed by atoms with Gasteiger partial charge in [0.2, 0.25) is 0 Å². The fourth-order valence-corrected chi connectivity index (χ4v) is 4.86. The van der Waals surface area contributed by atoms with Crippen LogP contribution in [-0.4, -0.2) is 26.7 Å². The Morgan fingerprint density at radius 1 is 0.700 bits per heavy atom. The van der Waals surface area contributed by atoms with Crippen molar-refractivity contribution in [1.82, 2.24) is 15.0 Å². The molecule has 0 fully saturated rings. The first-order valence-corrected chi connectivity index (χ1v) is 14.1. The molecule has 5 nitrogen and oxygen atoms in total. The van der Waals surface area contributed by atoms with Crippen molar-refractivity contribution in [1.29, 1.82) is 0 Å². The molecule has 0 saturated carbocycles. The number of phenolic OH excluding ortho intramolecular Hbond substituents is 1. The van der Waals surface area contributed by atoms with Gasteiger partial charge in [-0.05, 0) is 58.9 Å². The molecule has 1 unspecified atom stereocenters. The van der Waals surface area contributed by atoms with E-state index in [1.54, 1.807) is 6.07 Å². The lowest BCUT2D eigenvalue weighted by molar-refractivity contribution is 0.232. The second-order valence-electron chi connectivity index (χ2n) is 10.0. The number of aromatic hydroxyl groups is 1. The van der Waals surface area contributed by atoms with Crippen LogP contribution in [0.1, 0.15) is 39.5 Å². The number of nitrogens with zero attached hydrogens (tertiary/aromatic N) is 3. The van der Waals surface area contributed by atoms with E-state index >= 15 is 0 Å². The summed E-state index contributed by atoms with van der Waals surface area (Å²) in [6.07, 6.45) is 6.12. The molecule has 1 N–H and O–H groups in total. The molecule has 40 heavy (non-hydrogen) atoms. The Morgan fingerprint density at radius 2 is 1.38 bits per heavy atom. The van der Waals surface area contributed by atoms with Gasteiger partial charge < -0.3 is 9.84 Å². The van der Waals surface area contributed by atoms with E-state index in [0.29, 0.717) is 35.5 Å². The second-order valence-corrected chi connectivity index (χ2v) is 10.0. The van der Waals surface area contributed by atoms with Crippen LogP contribution in [-0.2, 0) is 0 Å². The zero-order chi connectivity index (χ0) is 27.7. The average Bonchev–Trinajstić information content (AvgIpc) is 3.02. The minimum atomic E-state index is 0.0824. The fourth-order valence-electron chi connectivity index (χ4n) is 4.86. The van der Waals surface area contributed by atoms with Crippen LogP contribution in [0.25, 0.3) is 45.0 Å². The van der Waals surface area contributed by atoms with Crippen LogP contribution in [0, 0.1) is 5.92 Å². The third kappa shape index (κ3) is 6.37. The summed E-state index contributed by atoms with van der Waals surface area (Å²) in [4.78, 5) is 13.7. The highest BCUT2D eigenvalue weighted by Crippen LogP contribution is 2.36. The molecule has 0 amide bonds. The Morgan fingerprint density at radius 3 is 2.05 bits per heavy atom. The number of unbranched alkanes of at least 4 members (excludes halogenated alkanes) is 1. The topological polar surface area (TPSA) is 68.1 Å². The van der Waals surface area contributed by atoms with Gasteiger partial charge in [-0.25, -0.2) is 15.0 Å². The molecule has 0 aliphatic rings. The first-order chi connectivity index (χ1) is 19.7. The fraction of sp³-hybridized carbons (Fsp3) is 0.229. The van der Waals surface area contributed by atoms with Gasteiger partial charge in [0.05, 0.1) is 12.2 Å². The SMILES string of the molecule is CCCCC(CC)COc1ccc(-c2ncnc(-c3ccc(-c4ccccc4)cc3-c3ccccc3)n2)c(O)c1. The minimum Gasteiger partial charge on any atom is -0.507 e. The molecule has 202 valence electrons. The number of benzene rings is 4. The summed E-state index contributed by atoms with van der Waals surface area (Å²) in [7, 11) is 0. The van der Waals surface area contributed by atoms with Gasteiger partial charge in [0.15, 0.2) is 11.6 Å². The molecule has 5 aromatic rings. The van der Waals surface area contributed by atoms with E-state index in [9.17, 15) is 5.11 Å². The zero-order valence-corrected chi connectivity index (χ0v) is 23.1. The highest BCUT2D eigenvalue weighted by Gasteiger charge is 2.16. The molecule has 1 heterocycles. The summed E-state index contributed by atoms with van der Waals surface area (Å²) in [5.74, 6) is 2.20. The molecule has 4 aromatic carbocycles. The highest BCUT2D eigenvalue weighted by molar-refractivity contribution is 5.85. The largest absolute Gasteiger partial charge is 0.507 e. The molecule has 0 radical (unpaired) electrons. The Bertz CT molecular complexity index is 1540. The average molecular weight is 530 g/mol. The van der Waals surface area contributed by atoms with E-state index in [1.807, 2.05) is 48.5 Å². The Labute approximate surface area is 236 Å². The van der Waals surface area contributed by atoms with Crippen LogP contribution in [0.15, 0.2) is 103 Å². The quantitative estimate of drug-likeness (QED) is 0.185. The van der Waals surface area contributed by atoms with Crippen molar-refractivity contribution in [3.8, 4) is 56.5 Å². The minimum absolute atomic E-state index is 0.0824. The first-order valence-electron chi connectivity index (χ1n) is 14.1. The molecule has 5 heteroatoms. The van der Waals surface area contributed by atoms with Gasteiger partial charge >= 0.3 is 0 Å². The van der Waals surface area contributed by atoms with Gasteiger partial charge in [-0.2, -0.15) is 0 Å². The Balaban J connectivity index is 1.45. The monoisotopic (exact) mass is 529 g/mol. The molecule has 1 aromatic heterocycles. The van der Waals surface area contributed by atoms with Crippen molar-refractivity contribution < 1.29 is 9.84 Å². The van der Waals surface area contributed by atoms with Crippen molar-refractivity contribution in [2.45, 2.75) is 39.5 Å². The highest BCUT2D eigenvalue weighted by atomic mass is 16.5. The molecule has 0 spiro atoms. The lowest BCUT2D eigenvalue weighted by Crippen LogP contribution is -2.11. The van der Waals surface area contributed by atoms with E-state index in [-0.39, 0.29) is 5.75 Å². The van der Waals surface area contributed by atoms with Crippen molar-refractivity contribution in [2.24, 2.45) is 5.92 Å². The molecular weight excluding hydrogens is 494 g/mol. The predicted octanol–water partition coefficient (Wildman–Crippen LogP) is 8.84. The smallest absolute Gasteiger partial charge is 0.167 e. The van der Waals surface area contributed by atoms with E-state index in [2.05, 4.69) is 66.3 Å². The summed E-state index contributed by atoms with van der Waals surface area (Å²) in [6, 6.07) is 32.2. The number of hydrogen-bond acceptors (Lipinski definition) is 5. The van der Waals surface area contributed by atoms with Gasteiger partial charge in [0.25, 0.3) is 0 Å². The maximum absolute atomic E-state index is 10.9. The Hall–Kier alpha value is -4.51. The molecule has 5 rings (SSSR count). The van der Waals surface area contributed by atoms with Crippen LogP contribution in [0.2, 0.25) is 0 Å². The number of hydrogen-bond donors (Lipinski definition) is 1. The number of phenols is 1. The lowest BCUT2D eigenvalue weighted by atomic mass is 9.94. The van der Waals surface area contributed by atoms with Crippen LogP contribution in [0.4, 0.5) is 0 Å². The molecule has 0 saturated heterocycles. The third-order valence-corrected chi connectivity index (χ3v) is 7.26. The lowest BCUT2D eigenvalue weighted by Gasteiger charge is -2.16. The molecule has 1 atom stereocenters. The first kappa shape index (κ1) is 27.1. The second kappa shape index (κ2) is 13.0. The molecule has 0 bridgehead atoms. The van der Waals surface area contributed by atoms with Gasteiger partial charge in [-0.15, -0.1) is 0 Å². The van der Waals surface area contributed by atoms with Gasteiger partial charge in [-0.1, -0.05) is 99.8 Å². The van der Waals surface area contributed by atoms with Crippen molar-refractivity contribution in [3.05, 3.63) is 103 Å². The van der Waals surface area contributed by atoms with Crippen molar-refractivity contribution in [3.63, 3.8) is 0 Å². The van der Waals surface area contributed by atoms with Gasteiger partial charge in [0.1, 0.15) is 17.8 Å². The summed E-state index contributed by atoms with van der Waals surface area (Å²) in [5.41, 5.74) is 5.80. The standard InChI is InChI=1S/C35H35N3O2/c1-3-5-12-25(4-2)23-40-29-18-20-31(33(39)22-29)35-37-24-36-34(38-35)30-19-17-28(26-13-8-6-9-14-26)21-32(30)27-15-10-7-11-16-27/h6-11,13-22,24-25,39H,3-5,12,23H2,1-2H3. The number of rotatable bonds is 11. The van der Waals surface area contributed by atoms with E-state index in [1.165, 1.54) is 19.2 Å². The van der Waals surface area contributed by atoms with Crippen molar-refractivity contribution >= 4 is 0 Å². The van der Waals surface area contributed by atoms with E-state index in [0.717, 1.165) is 40.7 Å². The van der Waals surface area contributed by atoms with Crippen molar-refractivity contribution in [2.75, 3.05) is 6.61 Å². The van der Waals surface area contributed by atoms with Crippen LogP contribution in [0.5, 0.6) is 11.5 Å². The predicted molar refractivity (Wildman–Crippen MR) is 162 cm³/mol. The Kier molecular flexibility index (Phi) is 8.82. The summed E-state index contributed by atoms with van der Waals surface area (Å²) in [5, 5.41) is 10.9. The van der Waals surface area contributed by atoms with E-state index in [4.69, 9.17) is 9.72 Å². The maximum Gasteiger partial charge on any atom is 0.167 e.